The number of hydrogen-bond acceptors (Lipinski definition) is 5. The van der Waals surface area contributed by atoms with Gasteiger partial charge in [-0.3, -0.25) is 14.9 Å². The Morgan fingerprint density at radius 3 is 2.50 bits per heavy atom. The SMILES string of the molecule is CSc1ccc(C(=O)CCc2ccc([N+](=O)[O-])o2)cc1. The monoisotopic (exact) mass is 291 g/mol. The van der Waals surface area contributed by atoms with E-state index in [4.69, 9.17) is 4.42 Å². The average molecular weight is 291 g/mol. The molecule has 0 aliphatic heterocycles. The van der Waals surface area contributed by atoms with E-state index in [-0.39, 0.29) is 18.1 Å². The fourth-order valence-electron chi connectivity index (χ4n) is 1.76. The molecular weight excluding hydrogens is 278 g/mol. The largest absolute Gasteiger partial charge is 0.433 e. The van der Waals surface area contributed by atoms with Crippen LogP contribution in [0.2, 0.25) is 0 Å². The van der Waals surface area contributed by atoms with Gasteiger partial charge in [-0.2, -0.15) is 0 Å². The van der Waals surface area contributed by atoms with E-state index >= 15 is 0 Å². The van der Waals surface area contributed by atoms with Crippen molar-refractivity contribution in [2.45, 2.75) is 17.7 Å². The highest BCUT2D eigenvalue weighted by Crippen LogP contribution is 2.19. The van der Waals surface area contributed by atoms with Crippen molar-refractivity contribution in [2.75, 3.05) is 6.26 Å². The van der Waals surface area contributed by atoms with E-state index in [1.165, 1.54) is 12.1 Å². The molecule has 0 unspecified atom stereocenters. The van der Waals surface area contributed by atoms with Crippen LogP contribution in [0.1, 0.15) is 22.5 Å². The van der Waals surface area contributed by atoms with Crippen LogP contribution in [0.5, 0.6) is 0 Å². The van der Waals surface area contributed by atoms with E-state index < -0.39 is 4.92 Å². The van der Waals surface area contributed by atoms with E-state index in [1.54, 1.807) is 23.9 Å². The van der Waals surface area contributed by atoms with Crippen LogP contribution in [-0.4, -0.2) is 17.0 Å². The summed E-state index contributed by atoms with van der Waals surface area (Å²) in [6.45, 7) is 0. The lowest BCUT2D eigenvalue weighted by Gasteiger charge is -2.01. The number of benzene rings is 1. The summed E-state index contributed by atoms with van der Waals surface area (Å²) in [5.41, 5.74) is 0.642. The van der Waals surface area contributed by atoms with Crippen molar-refractivity contribution in [3.8, 4) is 0 Å². The lowest BCUT2D eigenvalue weighted by Crippen LogP contribution is -2.00. The molecule has 0 bridgehead atoms. The number of furan rings is 1. The Labute approximate surface area is 120 Å². The van der Waals surface area contributed by atoms with Gasteiger partial charge in [-0.25, -0.2) is 0 Å². The fraction of sp³-hybridized carbons (Fsp3) is 0.214. The van der Waals surface area contributed by atoms with Gasteiger partial charge in [-0.05, 0) is 24.5 Å². The summed E-state index contributed by atoms with van der Waals surface area (Å²) in [6, 6.07) is 10.2. The number of hydrogen-bond donors (Lipinski definition) is 0. The second kappa shape index (κ2) is 6.38. The molecule has 5 nitrogen and oxygen atoms in total. The molecule has 0 amide bonds. The summed E-state index contributed by atoms with van der Waals surface area (Å²) < 4.78 is 5.01. The first-order chi connectivity index (χ1) is 9.60. The molecule has 0 spiro atoms. The number of thioether (sulfide) groups is 1. The van der Waals surface area contributed by atoms with Gasteiger partial charge in [0.25, 0.3) is 0 Å². The molecule has 1 aromatic carbocycles. The molecule has 20 heavy (non-hydrogen) atoms. The molecule has 0 aliphatic carbocycles. The van der Waals surface area contributed by atoms with Crippen molar-refractivity contribution >= 4 is 23.4 Å². The Kier molecular flexibility index (Phi) is 4.57. The fourth-order valence-corrected chi connectivity index (χ4v) is 2.17. The quantitative estimate of drug-likeness (QED) is 0.351. The summed E-state index contributed by atoms with van der Waals surface area (Å²) in [5, 5.41) is 10.5. The second-order valence-corrected chi connectivity index (χ2v) is 5.03. The molecule has 2 rings (SSSR count). The summed E-state index contributed by atoms with van der Waals surface area (Å²) >= 11 is 1.61. The Balaban J connectivity index is 1.95. The first-order valence-electron chi connectivity index (χ1n) is 6.00. The van der Waals surface area contributed by atoms with Gasteiger partial charge < -0.3 is 4.42 Å². The Bertz CT molecular complexity index is 618. The number of rotatable bonds is 6. The second-order valence-electron chi connectivity index (χ2n) is 4.15. The van der Waals surface area contributed by atoms with Crippen molar-refractivity contribution in [3.05, 3.63) is 57.8 Å². The van der Waals surface area contributed by atoms with Crippen LogP contribution >= 0.6 is 11.8 Å². The number of ketones is 1. The molecule has 0 saturated heterocycles. The van der Waals surface area contributed by atoms with E-state index in [0.29, 0.717) is 17.7 Å². The minimum Gasteiger partial charge on any atom is -0.406 e. The first-order valence-corrected chi connectivity index (χ1v) is 7.23. The number of nitro groups is 1. The number of carbonyl (C=O) groups excluding carboxylic acids is 1. The zero-order chi connectivity index (χ0) is 14.5. The van der Waals surface area contributed by atoms with Crippen LogP contribution in [0, 0.1) is 10.1 Å². The predicted octanol–water partition coefficient (Wildman–Crippen LogP) is 3.73. The average Bonchev–Trinajstić information content (AvgIpc) is 2.94. The molecule has 0 atom stereocenters. The van der Waals surface area contributed by atoms with Gasteiger partial charge in [0.15, 0.2) is 5.78 Å². The molecular formula is C14H13NO4S. The maximum absolute atomic E-state index is 12.0. The number of nitrogens with zero attached hydrogens (tertiary/aromatic N) is 1. The van der Waals surface area contributed by atoms with Crippen LogP contribution in [0.15, 0.2) is 45.7 Å². The minimum absolute atomic E-state index is 0.00305. The zero-order valence-corrected chi connectivity index (χ0v) is 11.7. The Morgan fingerprint density at radius 1 is 1.25 bits per heavy atom. The maximum atomic E-state index is 12.0. The normalized spacial score (nSPS) is 10.4. The molecule has 0 radical (unpaired) electrons. The van der Waals surface area contributed by atoms with E-state index in [2.05, 4.69) is 0 Å². The number of aryl methyl sites for hydroxylation is 1. The van der Waals surface area contributed by atoms with Gasteiger partial charge in [-0.1, -0.05) is 12.1 Å². The van der Waals surface area contributed by atoms with Crippen LogP contribution < -0.4 is 0 Å². The standard InChI is InChI=1S/C14H13NO4S/c1-20-12-6-2-10(3-7-12)13(16)8-4-11-5-9-14(19-11)15(17)18/h2-3,5-7,9H,4,8H2,1H3. The third-order valence-electron chi connectivity index (χ3n) is 2.84. The van der Waals surface area contributed by atoms with Gasteiger partial charge in [0.05, 0.1) is 6.07 Å². The Morgan fingerprint density at radius 2 is 1.95 bits per heavy atom. The van der Waals surface area contributed by atoms with Gasteiger partial charge in [0.1, 0.15) is 10.7 Å². The van der Waals surface area contributed by atoms with Gasteiger partial charge in [0.2, 0.25) is 0 Å². The minimum atomic E-state index is -0.591. The molecule has 0 fully saturated rings. The van der Waals surface area contributed by atoms with Crippen molar-refractivity contribution in [3.63, 3.8) is 0 Å². The third kappa shape index (κ3) is 3.48. The molecule has 1 aromatic heterocycles. The smallest absolute Gasteiger partial charge is 0.406 e. The Hall–Kier alpha value is -2.08. The van der Waals surface area contributed by atoms with Crippen LogP contribution in [0.25, 0.3) is 0 Å². The van der Waals surface area contributed by atoms with Gasteiger partial charge in [0, 0.05) is 23.3 Å². The van der Waals surface area contributed by atoms with Crippen LogP contribution in [-0.2, 0) is 6.42 Å². The van der Waals surface area contributed by atoms with E-state index in [0.717, 1.165) is 4.90 Å². The molecule has 0 N–H and O–H groups in total. The lowest BCUT2D eigenvalue weighted by molar-refractivity contribution is -0.402. The molecule has 2 aromatic rings. The molecule has 104 valence electrons. The van der Waals surface area contributed by atoms with Crippen molar-refractivity contribution < 1.29 is 14.1 Å². The van der Waals surface area contributed by atoms with Crippen molar-refractivity contribution in [1.82, 2.24) is 0 Å². The van der Waals surface area contributed by atoms with E-state index in [1.807, 2.05) is 18.4 Å². The van der Waals surface area contributed by atoms with Gasteiger partial charge in [-0.15, -0.1) is 11.8 Å². The summed E-state index contributed by atoms with van der Waals surface area (Å²) in [7, 11) is 0. The number of Topliss-reactive ketones (excluding diaryl/α,β-unsaturated/α-hetero) is 1. The van der Waals surface area contributed by atoms with Crippen molar-refractivity contribution in [1.29, 1.82) is 0 Å². The van der Waals surface area contributed by atoms with E-state index in [9.17, 15) is 14.9 Å². The highest BCUT2D eigenvalue weighted by molar-refractivity contribution is 7.98. The highest BCUT2D eigenvalue weighted by Gasteiger charge is 2.13. The first kappa shape index (κ1) is 14.3. The molecule has 6 heteroatoms. The molecule has 1 heterocycles. The predicted molar refractivity (Wildman–Crippen MR) is 76.2 cm³/mol. The molecule has 0 saturated carbocycles. The lowest BCUT2D eigenvalue weighted by atomic mass is 10.1. The number of carbonyl (C=O) groups is 1. The topological polar surface area (TPSA) is 73.3 Å². The summed E-state index contributed by atoms with van der Waals surface area (Å²) in [4.78, 5) is 23.0. The van der Waals surface area contributed by atoms with Crippen LogP contribution in [0.4, 0.5) is 5.88 Å². The third-order valence-corrected chi connectivity index (χ3v) is 3.58. The summed E-state index contributed by atoms with van der Waals surface area (Å²) in [5.74, 6) is 0.152. The summed E-state index contributed by atoms with van der Waals surface area (Å²) in [6.07, 6.45) is 2.60. The van der Waals surface area contributed by atoms with Crippen LogP contribution in [0.3, 0.4) is 0 Å². The highest BCUT2D eigenvalue weighted by atomic mass is 32.2. The maximum Gasteiger partial charge on any atom is 0.433 e. The van der Waals surface area contributed by atoms with Gasteiger partial charge >= 0.3 is 5.88 Å². The zero-order valence-electron chi connectivity index (χ0n) is 10.9. The molecule has 0 aliphatic rings. The van der Waals surface area contributed by atoms with Crippen molar-refractivity contribution in [2.24, 2.45) is 0 Å².